The van der Waals surface area contributed by atoms with Gasteiger partial charge >= 0.3 is 23.1 Å². The van der Waals surface area contributed by atoms with Gasteiger partial charge in [0.1, 0.15) is 0 Å². The SMILES string of the molecule is Br.C[C-](C)C.[CH2-]CCCCCO[SiH](C)C.[Mg+2]. The predicted octanol–water partition coefficient (Wildman–Crippen LogP) is 4.20. The fraction of sp³-hybridized carbons (Fsp3) is 0.833. The van der Waals surface area contributed by atoms with Crippen molar-refractivity contribution in [2.45, 2.75) is 59.5 Å². The van der Waals surface area contributed by atoms with E-state index in [1.807, 2.05) is 0 Å². The van der Waals surface area contributed by atoms with Gasteiger partial charge < -0.3 is 17.3 Å². The summed E-state index contributed by atoms with van der Waals surface area (Å²) in [5.41, 5.74) is 0. The Bertz CT molecular complexity index is 100. The molecule has 96 valence electrons. The van der Waals surface area contributed by atoms with Gasteiger partial charge in [-0.3, -0.25) is 0 Å². The summed E-state index contributed by atoms with van der Waals surface area (Å²) in [7, 11) is -0.738. The Balaban J connectivity index is -0.000000105. The molecular weight excluding hydrogens is 292 g/mol. The summed E-state index contributed by atoms with van der Waals surface area (Å²) < 4.78 is 5.51. The molecule has 0 amide bonds. The van der Waals surface area contributed by atoms with Crippen molar-refractivity contribution in [3.8, 4) is 0 Å². The van der Waals surface area contributed by atoms with Crippen LogP contribution in [0.1, 0.15) is 46.5 Å². The van der Waals surface area contributed by atoms with E-state index in [1.165, 1.54) is 25.2 Å². The van der Waals surface area contributed by atoms with Crippen LogP contribution in [0, 0.1) is 12.8 Å². The molecule has 0 aromatic rings. The molecule has 4 heteroatoms. The number of hydrogen-bond donors (Lipinski definition) is 0. The van der Waals surface area contributed by atoms with E-state index >= 15 is 0 Å². The van der Waals surface area contributed by atoms with E-state index in [2.05, 4.69) is 40.8 Å². The average Bonchev–Trinajstić information content (AvgIpc) is 2.02. The van der Waals surface area contributed by atoms with Gasteiger partial charge in [0.25, 0.3) is 0 Å². The summed E-state index contributed by atoms with van der Waals surface area (Å²) in [6, 6.07) is 0. The number of rotatable bonds is 6. The van der Waals surface area contributed by atoms with Crippen LogP contribution in [0.25, 0.3) is 0 Å². The molecule has 0 bridgehead atoms. The molecule has 0 rings (SSSR count). The first kappa shape index (κ1) is 26.1. The summed E-state index contributed by atoms with van der Waals surface area (Å²) in [5.74, 6) is 1.42. The summed E-state index contributed by atoms with van der Waals surface area (Å²) in [6.45, 7) is 15.4. The van der Waals surface area contributed by atoms with E-state index < -0.39 is 9.04 Å². The van der Waals surface area contributed by atoms with E-state index in [-0.39, 0.29) is 40.0 Å². The van der Waals surface area contributed by atoms with Crippen LogP contribution in [0.15, 0.2) is 0 Å². The third-order valence-corrected chi connectivity index (χ3v) is 2.25. The zero-order valence-corrected chi connectivity index (χ0v) is 16.1. The second-order valence-electron chi connectivity index (χ2n) is 4.33. The Hall–Kier alpha value is 1.42. The van der Waals surface area contributed by atoms with E-state index in [1.54, 1.807) is 0 Å². The van der Waals surface area contributed by atoms with E-state index in [0.717, 1.165) is 13.0 Å². The number of unbranched alkanes of at least 4 members (excludes halogenated alkanes) is 3. The molecule has 1 nitrogen and oxygen atoms in total. The molecule has 0 aliphatic heterocycles. The molecule has 0 spiro atoms. The van der Waals surface area contributed by atoms with Crippen LogP contribution in [-0.4, -0.2) is 38.7 Å². The van der Waals surface area contributed by atoms with Gasteiger partial charge in [-0.1, -0.05) is 12.8 Å². The van der Waals surface area contributed by atoms with Crippen LogP contribution in [0.4, 0.5) is 0 Å². The monoisotopic (exact) mass is 320 g/mol. The Morgan fingerprint density at radius 2 is 1.50 bits per heavy atom. The Labute approximate surface area is 132 Å². The normalized spacial score (nSPS) is 9.00. The summed E-state index contributed by atoms with van der Waals surface area (Å²) >= 11 is 0. The van der Waals surface area contributed by atoms with E-state index in [9.17, 15) is 0 Å². The Morgan fingerprint density at radius 1 is 1.06 bits per heavy atom. The molecular formula is C12H29BrMgOSi. The second kappa shape index (κ2) is 21.7. The van der Waals surface area contributed by atoms with Crippen LogP contribution in [0.5, 0.6) is 0 Å². The van der Waals surface area contributed by atoms with Crippen LogP contribution in [0.2, 0.25) is 13.1 Å². The maximum atomic E-state index is 5.51. The number of hydrogen-bond acceptors (Lipinski definition) is 1. The van der Waals surface area contributed by atoms with Gasteiger partial charge in [-0.2, -0.15) is 27.2 Å². The van der Waals surface area contributed by atoms with Crippen LogP contribution in [-0.2, 0) is 4.43 Å². The van der Waals surface area contributed by atoms with E-state index in [0.29, 0.717) is 0 Å². The molecule has 0 aromatic carbocycles. The first-order valence-corrected chi connectivity index (χ1v) is 8.46. The Kier molecular flexibility index (Phi) is 35.3. The summed E-state index contributed by atoms with van der Waals surface area (Å²) in [4.78, 5) is 0. The molecule has 0 aromatic heterocycles. The van der Waals surface area contributed by atoms with Gasteiger partial charge in [0.2, 0.25) is 0 Å². The van der Waals surface area contributed by atoms with Crippen molar-refractivity contribution < 1.29 is 4.43 Å². The molecule has 0 saturated heterocycles. The number of halogens is 1. The van der Waals surface area contributed by atoms with Crippen molar-refractivity contribution in [2.24, 2.45) is 0 Å². The van der Waals surface area contributed by atoms with Gasteiger partial charge in [-0.25, -0.2) is 0 Å². The standard InChI is InChI=1S/C8H19OSi.C4H9.BrH.Mg/c1-4-5-6-7-8-9-10(2)3;1-4(2)3;;/h10H,1,4-8H2,2-3H3;1-3H3;1H;/q2*-1;;+2. The largest absolute Gasteiger partial charge is 2.00 e. The fourth-order valence-corrected chi connectivity index (χ4v) is 1.41. The Morgan fingerprint density at radius 3 is 1.81 bits per heavy atom. The van der Waals surface area contributed by atoms with Gasteiger partial charge in [-0.15, -0.1) is 17.0 Å². The van der Waals surface area contributed by atoms with Gasteiger partial charge in [0.15, 0.2) is 9.04 Å². The van der Waals surface area contributed by atoms with Gasteiger partial charge in [0, 0.05) is 6.61 Å². The molecule has 0 unspecified atom stereocenters. The van der Waals surface area contributed by atoms with Crippen molar-refractivity contribution in [3.05, 3.63) is 12.8 Å². The minimum absolute atomic E-state index is 0. The minimum Gasteiger partial charge on any atom is -0.421 e. The molecule has 0 N–H and O–H groups in total. The molecule has 0 aliphatic rings. The van der Waals surface area contributed by atoms with Gasteiger partial charge in [-0.05, 0) is 19.5 Å². The first-order chi connectivity index (χ1) is 6.50. The van der Waals surface area contributed by atoms with Crippen molar-refractivity contribution >= 4 is 49.1 Å². The summed E-state index contributed by atoms with van der Waals surface area (Å²) in [6.07, 6.45) is 4.83. The van der Waals surface area contributed by atoms with Crippen molar-refractivity contribution in [3.63, 3.8) is 0 Å². The average molecular weight is 322 g/mol. The fourth-order valence-electron chi connectivity index (χ4n) is 0.775. The maximum absolute atomic E-state index is 5.51. The van der Waals surface area contributed by atoms with Crippen LogP contribution in [0.3, 0.4) is 0 Å². The molecule has 0 saturated carbocycles. The topological polar surface area (TPSA) is 9.23 Å². The van der Waals surface area contributed by atoms with Crippen molar-refractivity contribution in [1.29, 1.82) is 0 Å². The maximum Gasteiger partial charge on any atom is 2.00 e. The summed E-state index contributed by atoms with van der Waals surface area (Å²) in [5, 5.41) is 0. The molecule has 0 atom stereocenters. The predicted molar refractivity (Wildman–Crippen MR) is 85.0 cm³/mol. The second-order valence-corrected chi connectivity index (χ2v) is 6.76. The molecule has 0 heterocycles. The van der Waals surface area contributed by atoms with Crippen molar-refractivity contribution in [1.82, 2.24) is 0 Å². The van der Waals surface area contributed by atoms with Crippen molar-refractivity contribution in [2.75, 3.05) is 6.61 Å². The molecule has 0 radical (unpaired) electrons. The zero-order valence-electron chi connectivity index (χ0n) is 11.8. The minimum atomic E-state index is -0.738. The molecule has 16 heavy (non-hydrogen) atoms. The molecule has 0 fully saturated rings. The van der Waals surface area contributed by atoms with Crippen LogP contribution < -0.4 is 0 Å². The van der Waals surface area contributed by atoms with E-state index in [4.69, 9.17) is 4.43 Å². The first-order valence-electron chi connectivity index (χ1n) is 5.68. The third kappa shape index (κ3) is 45.2. The smallest absolute Gasteiger partial charge is 0.421 e. The van der Waals surface area contributed by atoms with Gasteiger partial charge in [0.05, 0.1) is 0 Å². The third-order valence-electron chi connectivity index (χ3n) is 1.35. The van der Waals surface area contributed by atoms with Crippen LogP contribution >= 0.6 is 17.0 Å². The molecule has 0 aliphatic carbocycles. The quantitative estimate of drug-likeness (QED) is 0.405. The zero-order chi connectivity index (χ0) is 11.4.